The van der Waals surface area contributed by atoms with Crippen molar-refractivity contribution in [2.45, 2.75) is 34.6 Å². The second kappa shape index (κ2) is 6.41. The van der Waals surface area contributed by atoms with E-state index in [2.05, 4.69) is 37.6 Å². The van der Waals surface area contributed by atoms with Gasteiger partial charge in [0, 0.05) is 32.7 Å². The molecule has 0 aliphatic carbocycles. The van der Waals surface area contributed by atoms with Crippen molar-refractivity contribution >= 4 is 0 Å². The van der Waals surface area contributed by atoms with Gasteiger partial charge < -0.3 is 9.80 Å². The lowest BCUT2D eigenvalue weighted by atomic mass is 9.96. The van der Waals surface area contributed by atoms with Crippen LogP contribution in [0.1, 0.15) is 34.6 Å². The molecule has 1 rings (SSSR count). The highest BCUT2D eigenvalue weighted by Gasteiger charge is 2.19. The maximum Gasteiger partial charge on any atom is 0.0110 e. The lowest BCUT2D eigenvalue weighted by Crippen LogP contribution is -2.47. The Hall–Kier alpha value is -0.0800. The standard InChI is InChI=1S/C10H22N2.C2H6/c1-10(2,3)9-12-7-5-11(4)6-8-12;1-2/h5-9H2,1-4H3;1-2H3. The molecule has 14 heavy (non-hydrogen) atoms. The van der Waals surface area contributed by atoms with Crippen LogP contribution in [0, 0.1) is 5.41 Å². The van der Waals surface area contributed by atoms with Gasteiger partial charge in [0.25, 0.3) is 0 Å². The number of nitrogens with zero attached hydrogens (tertiary/aromatic N) is 2. The minimum Gasteiger partial charge on any atom is -0.304 e. The Morgan fingerprint density at radius 3 is 1.71 bits per heavy atom. The molecule has 86 valence electrons. The van der Waals surface area contributed by atoms with Crippen LogP contribution in [0.3, 0.4) is 0 Å². The van der Waals surface area contributed by atoms with Crippen LogP contribution in [0.2, 0.25) is 0 Å². The molecule has 2 heteroatoms. The summed E-state index contributed by atoms with van der Waals surface area (Å²) in [5.74, 6) is 0. The molecule has 0 aromatic carbocycles. The first kappa shape index (κ1) is 13.9. The van der Waals surface area contributed by atoms with Gasteiger partial charge in [-0.05, 0) is 12.5 Å². The third kappa shape index (κ3) is 6.39. The maximum absolute atomic E-state index is 2.57. The maximum atomic E-state index is 2.57. The van der Waals surface area contributed by atoms with E-state index in [4.69, 9.17) is 0 Å². The summed E-state index contributed by atoms with van der Waals surface area (Å²) in [5.41, 5.74) is 0.454. The van der Waals surface area contributed by atoms with E-state index in [0.717, 1.165) is 0 Å². The second-order valence-corrected chi connectivity index (χ2v) is 5.14. The van der Waals surface area contributed by atoms with Gasteiger partial charge in [0.15, 0.2) is 0 Å². The fourth-order valence-corrected chi connectivity index (χ4v) is 1.68. The molecule has 2 nitrogen and oxygen atoms in total. The smallest absolute Gasteiger partial charge is 0.0110 e. The summed E-state index contributed by atoms with van der Waals surface area (Å²) in [4.78, 5) is 4.97. The lowest BCUT2D eigenvalue weighted by Gasteiger charge is -2.36. The first-order valence-electron chi connectivity index (χ1n) is 5.88. The van der Waals surface area contributed by atoms with Crippen molar-refractivity contribution in [2.24, 2.45) is 5.41 Å². The van der Waals surface area contributed by atoms with E-state index in [-0.39, 0.29) is 0 Å². The van der Waals surface area contributed by atoms with Gasteiger partial charge in [0.05, 0.1) is 0 Å². The van der Waals surface area contributed by atoms with Crippen LogP contribution in [-0.4, -0.2) is 49.6 Å². The molecule has 0 bridgehead atoms. The van der Waals surface area contributed by atoms with Crippen molar-refractivity contribution in [3.05, 3.63) is 0 Å². The highest BCUT2D eigenvalue weighted by Crippen LogP contribution is 2.15. The average Bonchev–Trinajstić information content (AvgIpc) is 2.10. The SMILES string of the molecule is CC.CN1CCN(CC(C)(C)C)CC1. The van der Waals surface area contributed by atoms with Crippen molar-refractivity contribution in [3.8, 4) is 0 Å². The molecule has 1 aliphatic rings. The van der Waals surface area contributed by atoms with Gasteiger partial charge >= 0.3 is 0 Å². The van der Waals surface area contributed by atoms with E-state index in [9.17, 15) is 0 Å². The molecule has 1 fully saturated rings. The van der Waals surface area contributed by atoms with Gasteiger partial charge in [0.2, 0.25) is 0 Å². The first-order valence-corrected chi connectivity index (χ1v) is 5.88. The minimum atomic E-state index is 0.454. The Balaban J connectivity index is 0.000000791. The van der Waals surface area contributed by atoms with Gasteiger partial charge in [-0.25, -0.2) is 0 Å². The summed E-state index contributed by atoms with van der Waals surface area (Å²) < 4.78 is 0. The van der Waals surface area contributed by atoms with Crippen molar-refractivity contribution in [1.29, 1.82) is 0 Å². The van der Waals surface area contributed by atoms with Crippen LogP contribution in [0.4, 0.5) is 0 Å². The Bertz CT molecular complexity index is 130. The molecular formula is C12H28N2. The molecule has 0 unspecified atom stereocenters. The summed E-state index contributed by atoms with van der Waals surface area (Å²) in [6.07, 6.45) is 0. The van der Waals surface area contributed by atoms with E-state index in [1.165, 1.54) is 32.7 Å². The average molecular weight is 200 g/mol. The molecule has 0 atom stereocenters. The van der Waals surface area contributed by atoms with Crippen LogP contribution in [-0.2, 0) is 0 Å². The predicted octanol–water partition coefficient (Wildman–Crippen LogP) is 2.31. The third-order valence-electron chi connectivity index (χ3n) is 2.29. The molecule has 1 aliphatic heterocycles. The van der Waals surface area contributed by atoms with Crippen LogP contribution < -0.4 is 0 Å². The normalized spacial score (nSPS) is 20.1. The molecule has 0 spiro atoms. The first-order chi connectivity index (χ1) is 6.47. The number of hydrogen-bond donors (Lipinski definition) is 0. The fourth-order valence-electron chi connectivity index (χ4n) is 1.68. The molecule has 0 aromatic heterocycles. The van der Waals surface area contributed by atoms with Crippen molar-refractivity contribution in [1.82, 2.24) is 9.80 Å². The van der Waals surface area contributed by atoms with Crippen molar-refractivity contribution < 1.29 is 0 Å². The van der Waals surface area contributed by atoms with Gasteiger partial charge in [-0.15, -0.1) is 0 Å². The van der Waals surface area contributed by atoms with E-state index in [1.54, 1.807) is 0 Å². The van der Waals surface area contributed by atoms with E-state index >= 15 is 0 Å². The largest absolute Gasteiger partial charge is 0.304 e. The Morgan fingerprint density at radius 2 is 1.36 bits per heavy atom. The summed E-state index contributed by atoms with van der Waals surface area (Å²) in [6, 6.07) is 0. The molecule has 0 N–H and O–H groups in total. The monoisotopic (exact) mass is 200 g/mol. The fraction of sp³-hybridized carbons (Fsp3) is 1.00. The number of rotatable bonds is 1. The van der Waals surface area contributed by atoms with Gasteiger partial charge in [-0.2, -0.15) is 0 Å². The van der Waals surface area contributed by atoms with Crippen LogP contribution in [0.25, 0.3) is 0 Å². The summed E-state index contributed by atoms with van der Waals surface area (Å²) in [7, 11) is 2.20. The molecule has 0 radical (unpaired) electrons. The summed E-state index contributed by atoms with van der Waals surface area (Å²) in [5, 5.41) is 0. The van der Waals surface area contributed by atoms with Crippen LogP contribution in [0.5, 0.6) is 0 Å². The van der Waals surface area contributed by atoms with Gasteiger partial charge in [0.1, 0.15) is 0 Å². The zero-order valence-corrected chi connectivity index (χ0v) is 10.9. The number of piperazine rings is 1. The zero-order chi connectivity index (χ0) is 11.2. The Kier molecular flexibility index (Phi) is 6.38. The van der Waals surface area contributed by atoms with Crippen molar-refractivity contribution in [3.63, 3.8) is 0 Å². The highest BCUT2D eigenvalue weighted by molar-refractivity contribution is 4.74. The molecule has 1 saturated heterocycles. The third-order valence-corrected chi connectivity index (χ3v) is 2.29. The topological polar surface area (TPSA) is 6.48 Å². The van der Waals surface area contributed by atoms with Crippen LogP contribution >= 0.6 is 0 Å². The van der Waals surface area contributed by atoms with Gasteiger partial charge in [-0.1, -0.05) is 34.6 Å². The van der Waals surface area contributed by atoms with Crippen LogP contribution in [0.15, 0.2) is 0 Å². The van der Waals surface area contributed by atoms with E-state index in [0.29, 0.717) is 5.41 Å². The highest BCUT2D eigenvalue weighted by atomic mass is 15.2. The summed E-state index contributed by atoms with van der Waals surface area (Å²) >= 11 is 0. The zero-order valence-electron chi connectivity index (χ0n) is 10.9. The van der Waals surface area contributed by atoms with E-state index < -0.39 is 0 Å². The Morgan fingerprint density at radius 1 is 0.929 bits per heavy atom. The molecular weight excluding hydrogens is 172 g/mol. The lowest BCUT2D eigenvalue weighted by molar-refractivity contribution is 0.117. The number of hydrogen-bond acceptors (Lipinski definition) is 2. The van der Waals surface area contributed by atoms with Crippen molar-refractivity contribution in [2.75, 3.05) is 39.8 Å². The quantitative estimate of drug-likeness (QED) is 0.641. The molecule has 1 heterocycles. The summed E-state index contributed by atoms with van der Waals surface area (Å²) in [6.45, 7) is 17.1. The Labute approximate surface area is 90.3 Å². The minimum absolute atomic E-state index is 0.454. The van der Waals surface area contributed by atoms with E-state index in [1.807, 2.05) is 13.8 Å². The molecule has 0 saturated carbocycles. The predicted molar refractivity (Wildman–Crippen MR) is 64.7 cm³/mol. The second-order valence-electron chi connectivity index (χ2n) is 5.14. The molecule has 0 aromatic rings. The van der Waals surface area contributed by atoms with Gasteiger partial charge in [-0.3, -0.25) is 0 Å². The molecule has 0 amide bonds. The number of likely N-dealkylation sites (N-methyl/N-ethyl adjacent to an activating group) is 1.